The zero-order valence-electron chi connectivity index (χ0n) is 17.0. The van der Waals surface area contributed by atoms with E-state index in [1.807, 2.05) is 24.3 Å². The fourth-order valence-corrected chi connectivity index (χ4v) is 5.23. The molecule has 0 saturated carbocycles. The maximum atomic E-state index is 12.7. The third kappa shape index (κ3) is 3.31. The molecule has 0 radical (unpaired) electrons. The molecular formula is C24H22ClN5O. The molecule has 2 aliphatic rings. The number of nitrogens with zero attached hydrogens (tertiary/aromatic N) is 3. The molecule has 0 spiro atoms. The van der Waals surface area contributed by atoms with Gasteiger partial charge in [0.1, 0.15) is 0 Å². The van der Waals surface area contributed by atoms with E-state index in [4.69, 9.17) is 11.6 Å². The number of H-pyrrole nitrogens is 1. The zero-order valence-corrected chi connectivity index (χ0v) is 17.8. The molecule has 6 rings (SSSR count). The quantitative estimate of drug-likeness (QED) is 0.502. The second-order valence-corrected chi connectivity index (χ2v) is 8.90. The molecule has 0 atom stereocenters. The van der Waals surface area contributed by atoms with Gasteiger partial charge in [-0.15, -0.1) is 0 Å². The summed E-state index contributed by atoms with van der Waals surface area (Å²) in [6.45, 7) is 0. The number of aromatic nitrogens is 4. The molecule has 156 valence electrons. The highest BCUT2D eigenvalue weighted by Gasteiger charge is 2.24. The maximum Gasteiger partial charge on any atom is 0.274 e. The smallest absolute Gasteiger partial charge is 0.274 e. The van der Waals surface area contributed by atoms with Crippen LogP contribution < -0.4 is 10.9 Å². The summed E-state index contributed by atoms with van der Waals surface area (Å²) in [4.78, 5) is 21.9. The Labute approximate surface area is 184 Å². The first-order valence-electron chi connectivity index (χ1n) is 10.8. The lowest BCUT2D eigenvalue weighted by Gasteiger charge is -2.15. The van der Waals surface area contributed by atoms with E-state index in [0.717, 1.165) is 31.2 Å². The lowest BCUT2D eigenvalue weighted by Crippen LogP contribution is -2.16. The van der Waals surface area contributed by atoms with E-state index >= 15 is 0 Å². The number of anilines is 2. The second-order valence-electron chi connectivity index (χ2n) is 8.46. The van der Waals surface area contributed by atoms with Crippen LogP contribution in [0.15, 0.2) is 41.2 Å². The van der Waals surface area contributed by atoms with Gasteiger partial charge in [0.05, 0.1) is 5.69 Å². The van der Waals surface area contributed by atoms with Crippen molar-refractivity contribution in [2.75, 3.05) is 5.32 Å². The number of aryl methyl sites for hydroxylation is 2. The Balaban J connectivity index is 1.37. The monoisotopic (exact) mass is 431 g/mol. The number of hydrogen-bond donors (Lipinski definition) is 2. The Morgan fingerprint density at radius 1 is 1.00 bits per heavy atom. The summed E-state index contributed by atoms with van der Waals surface area (Å²) in [5.74, 6) is 0.926. The van der Waals surface area contributed by atoms with Gasteiger partial charge in [0, 0.05) is 23.2 Å². The molecule has 31 heavy (non-hydrogen) atoms. The Bertz CT molecular complexity index is 1350. The van der Waals surface area contributed by atoms with Gasteiger partial charge in [-0.05, 0) is 78.5 Å². The molecule has 0 aliphatic heterocycles. The summed E-state index contributed by atoms with van der Waals surface area (Å²) in [5, 5.41) is 7.28. The Kier molecular flexibility index (Phi) is 4.35. The van der Waals surface area contributed by atoms with Gasteiger partial charge in [-0.3, -0.25) is 9.89 Å². The Morgan fingerprint density at radius 2 is 1.77 bits per heavy atom. The minimum atomic E-state index is -0.175. The van der Waals surface area contributed by atoms with Gasteiger partial charge in [0.15, 0.2) is 0 Å². The van der Waals surface area contributed by atoms with Crippen LogP contribution in [0.1, 0.15) is 46.4 Å². The van der Waals surface area contributed by atoms with Gasteiger partial charge in [-0.25, -0.2) is 4.98 Å². The van der Waals surface area contributed by atoms with Crippen LogP contribution in [-0.4, -0.2) is 19.6 Å². The van der Waals surface area contributed by atoms with Crippen LogP contribution in [-0.2, 0) is 32.1 Å². The van der Waals surface area contributed by atoms with Crippen molar-refractivity contribution in [1.82, 2.24) is 19.6 Å². The molecule has 0 bridgehead atoms. The van der Waals surface area contributed by atoms with Gasteiger partial charge in [-0.2, -0.15) is 9.50 Å². The first-order valence-corrected chi connectivity index (χ1v) is 11.2. The molecule has 0 fully saturated rings. The highest BCUT2D eigenvalue weighted by atomic mass is 35.5. The highest BCUT2D eigenvalue weighted by molar-refractivity contribution is 6.30. The molecule has 0 saturated heterocycles. The van der Waals surface area contributed by atoms with Crippen molar-refractivity contribution in [1.29, 1.82) is 0 Å². The summed E-state index contributed by atoms with van der Waals surface area (Å²) < 4.78 is 1.40. The molecule has 2 N–H and O–H groups in total. The molecule has 2 aromatic heterocycles. The van der Waals surface area contributed by atoms with Crippen LogP contribution in [0.5, 0.6) is 0 Å². The fraction of sp³-hybridized carbons (Fsp3) is 0.292. The minimum Gasteiger partial charge on any atom is -0.324 e. The predicted molar refractivity (Wildman–Crippen MR) is 122 cm³/mol. The summed E-state index contributed by atoms with van der Waals surface area (Å²) >= 11 is 6.09. The third-order valence-electron chi connectivity index (χ3n) is 6.37. The molecule has 4 aromatic rings. The Hall–Kier alpha value is -3.12. The average Bonchev–Trinajstić information content (AvgIpc) is 3.47. The minimum absolute atomic E-state index is 0.175. The molecule has 2 heterocycles. The number of halogens is 1. The molecular weight excluding hydrogens is 410 g/mol. The largest absolute Gasteiger partial charge is 0.324 e. The number of hydrogen-bond acceptors (Lipinski definition) is 4. The number of fused-ring (bicyclic) bond motifs is 3. The van der Waals surface area contributed by atoms with Crippen molar-refractivity contribution in [3.63, 3.8) is 0 Å². The molecule has 2 aromatic carbocycles. The molecule has 2 aliphatic carbocycles. The van der Waals surface area contributed by atoms with Crippen LogP contribution in [0.2, 0.25) is 5.02 Å². The van der Waals surface area contributed by atoms with E-state index in [2.05, 4.69) is 26.4 Å². The standard InChI is InChI=1S/C24H22ClN5O/c25-17-7-1-4-14(10-17)11-18-13-21(31)30-24(26-18)28-23(29-30)27-22-19-8-2-5-15(19)12-16-6-3-9-20(16)22/h1,4,7,10,12-13H,2-3,5-6,8-9,11H2,(H2,26,27,28,29). The Morgan fingerprint density at radius 3 is 2.52 bits per heavy atom. The summed E-state index contributed by atoms with van der Waals surface area (Å²) in [6, 6.07) is 11.6. The number of nitrogens with one attached hydrogen (secondary N) is 2. The van der Waals surface area contributed by atoms with E-state index in [-0.39, 0.29) is 5.56 Å². The van der Waals surface area contributed by atoms with Crippen molar-refractivity contribution >= 4 is 29.0 Å². The first-order chi connectivity index (χ1) is 15.1. The average molecular weight is 432 g/mol. The van der Waals surface area contributed by atoms with Crippen molar-refractivity contribution in [2.24, 2.45) is 0 Å². The summed E-state index contributed by atoms with van der Waals surface area (Å²) in [7, 11) is 0. The van der Waals surface area contributed by atoms with Crippen LogP contribution in [0.25, 0.3) is 5.78 Å². The fourth-order valence-electron chi connectivity index (χ4n) is 5.02. The van der Waals surface area contributed by atoms with Crippen molar-refractivity contribution in [2.45, 2.75) is 44.9 Å². The van der Waals surface area contributed by atoms with Crippen LogP contribution in [0.4, 0.5) is 11.6 Å². The maximum absolute atomic E-state index is 12.7. The van der Waals surface area contributed by atoms with Crippen molar-refractivity contribution in [3.8, 4) is 0 Å². The lowest BCUT2D eigenvalue weighted by atomic mass is 9.99. The highest BCUT2D eigenvalue weighted by Crippen LogP contribution is 2.39. The van der Waals surface area contributed by atoms with E-state index in [0.29, 0.717) is 28.9 Å². The summed E-state index contributed by atoms with van der Waals surface area (Å²) in [6.07, 6.45) is 7.39. The van der Waals surface area contributed by atoms with E-state index in [9.17, 15) is 4.79 Å². The van der Waals surface area contributed by atoms with Crippen LogP contribution in [0.3, 0.4) is 0 Å². The first kappa shape index (κ1) is 18.6. The van der Waals surface area contributed by atoms with E-state index < -0.39 is 0 Å². The van der Waals surface area contributed by atoms with Gasteiger partial charge < -0.3 is 5.32 Å². The molecule has 6 nitrogen and oxygen atoms in total. The van der Waals surface area contributed by atoms with Gasteiger partial charge in [0.2, 0.25) is 5.95 Å². The van der Waals surface area contributed by atoms with Crippen molar-refractivity contribution in [3.05, 3.63) is 85.3 Å². The second kappa shape index (κ2) is 7.24. The van der Waals surface area contributed by atoms with Gasteiger partial charge in [0.25, 0.3) is 11.3 Å². The topological polar surface area (TPSA) is 75.1 Å². The summed E-state index contributed by atoms with van der Waals surface area (Å²) in [5.41, 5.74) is 8.42. The van der Waals surface area contributed by atoms with Gasteiger partial charge >= 0.3 is 0 Å². The van der Waals surface area contributed by atoms with Crippen LogP contribution >= 0.6 is 11.6 Å². The molecule has 0 amide bonds. The zero-order chi connectivity index (χ0) is 20.9. The number of benzene rings is 2. The molecule has 0 unspecified atom stereocenters. The van der Waals surface area contributed by atoms with Crippen LogP contribution in [0, 0.1) is 0 Å². The normalized spacial score (nSPS) is 14.7. The number of rotatable bonds is 4. The van der Waals surface area contributed by atoms with E-state index in [1.54, 1.807) is 6.07 Å². The number of aromatic amines is 1. The van der Waals surface area contributed by atoms with Crippen molar-refractivity contribution < 1.29 is 0 Å². The van der Waals surface area contributed by atoms with E-state index in [1.165, 1.54) is 45.3 Å². The SMILES string of the molecule is O=c1cc(Cc2cccc(Cl)c2)nc2nc(Nc3c4c(cc5c3CCC5)CCC4)[nH]n12. The lowest BCUT2D eigenvalue weighted by molar-refractivity contribution is 0.881. The third-order valence-corrected chi connectivity index (χ3v) is 6.61. The predicted octanol–water partition coefficient (Wildman–Crippen LogP) is 4.38. The van der Waals surface area contributed by atoms with Gasteiger partial charge in [-0.1, -0.05) is 29.8 Å². The molecule has 7 heteroatoms.